The van der Waals surface area contributed by atoms with Crippen LogP contribution in [0.15, 0.2) is 6.07 Å². The van der Waals surface area contributed by atoms with E-state index in [1.54, 1.807) is 20.1 Å². The number of carbonyl (C=O) groups is 1. The predicted molar refractivity (Wildman–Crippen MR) is 74.9 cm³/mol. The number of carboxylic acid groups (broad SMARTS) is 1. The summed E-state index contributed by atoms with van der Waals surface area (Å²) in [6.45, 7) is 1.79. The number of hydrogen-bond acceptors (Lipinski definition) is 5. The van der Waals surface area contributed by atoms with Crippen LogP contribution >= 0.6 is 0 Å². The van der Waals surface area contributed by atoms with Gasteiger partial charge in [-0.2, -0.15) is 4.98 Å². The van der Waals surface area contributed by atoms with Crippen LogP contribution < -0.4 is 10.1 Å². The van der Waals surface area contributed by atoms with Crippen LogP contribution in [-0.4, -0.2) is 34.2 Å². The van der Waals surface area contributed by atoms with E-state index in [0.29, 0.717) is 23.9 Å². The lowest BCUT2D eigenvalue weighted by molar-refractivity contribution is -0.142. The Morgan fingerprint density at radius 3 is 2.80 bits per heavy atom. The number of methoxy groups -OCH3 is 1. The Bertz CT molecular complexity index is 479. The summed E-state index contributed by atoms with van der Waals surface area (Å²) in [5, 5.41) is 12.6. The molecule has 0 bridgehead atoms. The summed E-state index contributed by atoms with van der Waals surface area (Å²) in [5.74, 6) is 0.626. The normalized spacial score (nSPS) is 22.9. The Balaban J connectivity index is 2.17. The quantitative estimate of drug-likeness (QED) is 0.822. The summed E-state index contributed by atoms with van der Waals surface area (Å²) in [5.41, 5.74) is 0. The van der Waals surface area contributed by atoms with Crippen molar-refractivity contribution in [1.82, 2.24) is 9.97 Å². The maximum atomic E-state index is 11.4. The Morgan fingerprint density at radius 1 is 1.35 bits per heavy atom. The van der Waals surface area contributed by atoms with Crippen LogP contribution in [0.1, 0.15) is 37.9 Å². The minimum atomic E-state index is -0.734. The summed E-state index contributed by atoms with van der Waals surface area (Å²) in [7, 11) is 1.55. The Kier molecular flexibility index (Phi) is 4.76. The molecule has 1 heterocycles. The average molecular weight is 279 g/mol. The van der Waals surface area contributed by atoms with E-state index in [0.717, 1.165) is 25.7 Å². The lowest BCUT2D eigenvalue weighted by atomic mass is 9.95. The highest BCUT2D eigenvalue weighted by atomic mass is 16.5. The van der Waals surface area contributed by atoms with E-state index >= 15 is 0 Å². The van der Waals surface area contributed by atoms with E-state index in [9.17, 15) is 9.90 Å². The number of aromatic nitrogens is 2. The SMILES string of the molecule is COc1cc(NC2CCCCCC2C(=O)O)nc(C)n1. The molecule has 6 nitrogen and oxygen atoms in total. The van der Waals surface area contributed by atoms with Gasteiger partial charge in [0, 0.05) is 12.1 Å². The second kappa shape index (κ2) is 6.54. The van der Waals surface area contributed by atoms with Crippen molar-refractivity contribution in [2.75, 3.05) is 12.4 Å². The van der Waals surface area contributed by atoms with Crippen LogP contribution in [0.3, 0.4) is 0 Å². The smallest absolute Gasteiger partial charge is 0.308 e. The zero-order valence-electron chi connectivity index (χ0n) is 11.9. The molecule has 1 aromatic rings. The van der Waals surface area contributed by atoms with Gasteiger partial charge in [-0.05, 0) is 19.8 Å². The van der Waals surface area contributed by atoms with Gasteiger partial charge in [-0.1, -0.05) is 19.3 Å². The van der Waals surface area contributed by atoms with Crippen LogP contribution in [0.2, 0.25) is 0 Å². The van der Waals surface area contributed by atoms with Gasteiger partial charge in [0.05, 0.1) is 13.0 Å². The van der Waals surface area contributed by atoms with Crippen molar-refractivity contribution in [1.29, 1.82) is 0 Å². The first kappa shape index (κ1) is 14.6. The van der Waals surface area contributed by atoms with Gasteiger partial charge in [-0.15, -0.1) is 0 Å². The predicted octanol–water partition coefficient (Wildman–Crippen LogP) is 2.24. The molecule has 0 amide bonds. The number of carboxylic acids is 1. The Hall–Kier alpha value is -1.85. The van der Waals surface area contributed by atoms with E-state index < -0.39 is 5.97 Å². The number of aryl methyl sites for hydroxylation is 1. The summed E-state index contributed by atoms with van der Waals surface area (Å²) in [6.07, 6.45) is 4.68. The second-order valence-corrected chi connectivity index (χ2v) is 5.18. The maximum Gasteiger partial charge on any atom is 0.308 e. The summed E-state index contributed by atoms with van der Waals surface area (Å²) in [6, 6.07) is 1.62. The van der Waals surface area contributed by atoms with Gasteiger partial charge in [0.25, 0.3) is 0 Å². The molecule has 6 heteroatoms. The molecule has 1 aliphatic rings. The summed E-state index contributed by atoms with van der Waals surface area (Å²) in [4.78, 5) is 19.8. The molecule has 2 N–H and O–H groups in total. The van der Waals surface area contributed by atoms with Crippen LogP contribution in [-0.2, 0) is 4.79 Å². The van der Waals surface area contributed by atoms with Gasteiger partial charge >= 0.3 is 5.97 Å². The first-order valence-corrected chi connectivity index (χ1v) is 6.99. The first-order valence-electron chi connectivity index (χ1n) is 6.99. The molecule has 20 heavy (non-hydrogen) atoms. The fourth-order valence-electron chi connectivity index (χ4n) is 2.68. The van der Waals surface area contributed by atoms with E-state index in [-0.39, 0.29) is 12.0 Å². The van der Waals surface area contributed by atoms with Gasteiger partial charge in [0.1, 0.15) is 11.6 Å². The van der Waals surface area contributed by atoms with Crippen molar-refractivity contribution in [3.05, 3.63) is 11.9 Å². The van der Waals surface area contributed by atoms with Crippen LogP contribution in [0.4, 0.5) is 5.82 Å². The van der Waals surface area contributed by atoms with Crippen molar-refractivity contribution in [2.45, 2.75) is 45.1 Å². The Morgan fingerprint density at radius 2 is 2.10 bits per heavy atom. The highest BCUT2D eigenvalue weighted by Crippen LogP contribution is 2.27. The number of aliphatic carboxylic acids is 1. The highest BCUT2D eigenvalue weighted by molar-refractivity contribution is 5.71. The van der Waals surface area contributed by atoms with E-state index in [2.05, 4.69) is 15.3 Å². The molecule has 2 unspecified atom stereocenters. The molecule has 2 atom stereocenters. The number of rotatable bonds is 4. The fraction of sp³-hybridized carbons (Fsp3) is 0.643. The van der Waals surface area contributed by atoms with Crippen molar-refractivity contribution < 1.29 is 14.6 Å². The second-order valence-electron chi connectivity index (χ2n) is 5.18. The largest absolute Gasteiger partial charge is 0.481 e. The highest BCUT2D eigenvalue weighted by Gasteiger charge is 2.29. The third-order valence-corrected chi connectivity index (χ3v) is 3.69. The molecule has 0 saturated heterocycles. The zero-order chi connectivity index (χ0) is 14.5. The van der Waals surface area contributed by atoms with Gasteiger partial charge < -0.3 is 15.2 Å². The molecule has 0 spiro atoms. The minimum absolute atomic E-state index is 0.0889. The van der Waals surface area contributed by atoms with Crippen molar-refractivity contribution in [3.8, 4) is 5.88 Å². The molecule has 0 aromatic carbocycles. The summed E-state index contributed by atoms with van der Waals surface area (Å²) >= 11 is 0. The lowest BCUT2D eigenvalue weighted by Gasteiger charge is -2.23. The number of anilines is 1. The number of nitrogens with one attached hydrogen (secondary N) is 1. The monoisotopic (exact) mass is 279 g/mol. The molecule has 110 valence electrons. The van der Waals surface area contributed by atoms with E-state index in [1.807, 2.05) is 0 Å². The molecule has 2 rings (SSSR count). The lowest BCUT2D eigenvalue weighted by Crippen LogP contribution is -2.34. The first-order chi connectivity index (χ1) is 9.60. The van der Waals surface area contributed by atoms with Crippen LogP contribution in [0, 0.1) is 12.8 Å². The fourth-order valence-corrected chi connectivity index (χ4v) is 2.68. The van der Waals surface area contributed by atoms with E-state index in [1.165, 1.54) is 0 Å². The molecular formula is C14H21N3O3. The number of ether oxygens (including phenoxy) is 1. The van der Waals surface area contributed by atoms with Crippen molar-refractivity contribution in [3.63, 3.8) is 0 Å². The molecule has 1 aromatic heterocycles. The van der Waals surface area contributed by atoms with E-state index in [4.69, 9.17) is 4.74 Å². The molecule has 0 radical (unpaired) electrons. The maximum absolute atomic E-state index is 11.4. The van der Waals surface area contributed by atoms with Gasteiger partial charge in [0.15, 0.2) is 0 Å². The average Bonchev–Trinajstić information content (AvgIpc) is 2.63. The number of hydrogen-bond donors (Lipinski definition) is 2. The third-order valence-electron chi connectivity index (χ3n) is 3.69. The molecule has 0 aliphatic heterocycles. The van der Waals surface area contributed by atoms with Crippen LogP contribution in [0.25, 0.3) is 0 Å². The van der Waals surface area contributed by atoms with Gasteiger partial charge in [-0.25, -0.2) is 4.98 Å². The Labute approximate surface area is 118 Å². The minimum Gasteiger partial charge on any atom is -0.481 e. The number of nitrogens with zero attached hydrogens (tertiary/aromatic N) is 2. The third kappa shape index (κ3) is 3.59. The topological polar surface area (TPSA) is 84.3 Å². The van der Waals surface area contributed by atoms with Crippen molar-refractivity contribution in [2.24, 2.45) is 5.92 Å². The standard InChI is InChI=1S/C14H21N3O3/c1-9-15-12(8-13(16-9)20-2)17-11-7-5-3-4-6-10(11)14(18)19/h8,10-11H,3-7H2,1-2H3,(H,18,19)(H,15,16,17). The zero-order valence-corrected chi connectivity index (χ0v) is 11.9. The van der Waals surface area contributed by atoms with Crippen LogP contribution in [0.5, 0.6) is 5.88 Å². The molecular weight excluding hydrogens is 258 g/mol. The van der Waals surface area contributed by atoms with Gasteiger partial charge in [-0.3, -0.25) is 4.79 Å². The molecule has 1 saturated carbocycles. The van der Waals surface area contributed by atoms with Crippen molar-refractivity contribution >= 4 is 11.8 Å². The molecule has 1 aliphatic carbocycles. The molecule has 1 fully saturated rings. The van der Waals surface area contributed by atoms with Gasteiger partial charge in [0.2, 0.25) is 5.88 Å². The summed E-state index contributed by atoms with van der Waals surface area (Å²) < 4.78 is 5.12.